The number of rotatable bonds is 9. The molecule has 5 rings (SSSR count). The van der Waals surface area contributed by atoms with Crippen LogP contribution in [-0.4, -0.2) is 90.5 Å². The number of piperidine rings is 2. The molecule has 2 saturated heterocycles. The van der Waals surface area contributed by atoms with Gasteiger partial charge in [0.15, 0.2) is 5.69 Å². The number of carbonyl (C=O) groups excluding carboxylic acids is 2. The lowest BCUT2D eigenvalue weighted by atomic mass is 9.89. The van der Waals surface area contributed by atoms with Crippen LogP contribution in [-0.2, 0) is 9.53 Å². The number of pyridine rings is 1. The molecule has 10 heteroatoms. The van der Waals surface area contributed by atoms with E-state index in [1.54, 1.807) is 12.0 Å². The summed E-state index contributed by atoms with van der Waals surface area (Å²) in [7, 11) is 1.73. The Morgan fingerprint density at radius 2 is 1.92 bits per heavy atom. The monoisotopic (exact) mass is 547 g/mol. The maximum atomic E-state index is 14.1. The lowest BCUT2D eigenvalue weighted by Gasteiger charge is -2.41. The fraction of sp³-hybridized carbons (Fsp3) is 0.759. The van der Waals surface area contributed by atoms with E-state index in [2.05, 4.69) is 30.5 Å². The van der Waals surface area contributed by atoms with E-state index < -0.39 is 5.92 Å². The van der Waals surface area contributed by atoms with Crippen molar-refractivity contribution in [3.63, 3.8) is 0 Å². The number of aromatic nitrogens is 1. The number of likely N-dealkylation sites (tertiary alicyclic amines) is 1. The van der Waals surface area contributed by atoms with Crippen molar-refractivity contribution in [1.29, 1.82) is 0 Å². The maximum Gasteiger partial charge on any atom is 0.274 e. The van der Waals surface area contributed by atoms with Crippen molar-refractivity contribution in [2.24, 2.45) is 11.8 Å². The third kappa shape index (κ3) is 6.70. The predicted octanol–water partition coefficient (Wildman–Crippen LogP) is 3.88. The number of hydrogen-bond donors (Lipinski definition) is 2. The first-order valence-corrected chi connectivity index (χ1v) is 14.6. The van der Waals surface area contributed by atoms with Crippen molar-refractivity contribution < 1.29 is 23.1 Å². The number of methoxy groups -OCH3 is 1. The topological polar surface area (TPSA) is 86.8 Å². The molecule has 0 spiro atoms. The van der Waals surface area contributed by atoms with Gasteiger partial charge in [-0.25, -0.2) is 13.8 Å². The highest BCUT2D eigenvalue weighted by Gasteiger charge is 2.40. The lowest BCUT2D eigenvalue weighted by Crippen LogP contribution is -2.56. The molecule has 216 valence electrons. The molecule has 4 fully saturated rings. The van der Waals surface area contributed by atoms with Gasteiger partial charge in [-0.1, -0.05) is 13.8 Å². The second-order valence-corrected chi connectivity index (χ2v) is 12.4. The standard InChI is InChI=1S/C29H43F2N5O3/c1-18(2)17-36(23-10-21(14-32-16-23)27(37)35-8-6-29(30,31)7-9-35)28(38)26-25(34-22-12-24(13-22)39-3)11-20(15-33-26)19-4-5-19/h11,15,18-19,21-24,32,34H,4-10,12-14,16-17H2,1-3H3. The van der Waals surface area contributed by atoms with Crippen molar-refractivity contribution in [2.75, 3.05) is 45.2 Å². The molecule has 3 heterocycles. The van der Waals surface area contributed by atoms with Crippen LogP contribution in [0.1, 0.15) is 80.8 Å². The maximum absolute atomic E-state index is 14.1. The molecular weight excluding hydrogens is 504 g/mol. The summed E-state index contributed by atoms with van der Waals surface area (Å²) < 4.78 is 32.8. The SMILES string of the molecule is COC1CC(Nc2cc(C3CC3)cnc2C(=O)N(CC(C)C)C2CNCC(C(=O)N3CCC(F)(F)CC3)C2)C1. The molecule has 2 N–H and O–H groups in total. The summed E-state index contributed by atoms with van der Waals surface area (Å²) in [6.07, 6.45) is 6.13. The highest BCUT2D eigenvalue weighted by molar-refractivity contribution is 5.98. The van der Waals surface area contributed by atoms with Gasteiger partial charge in [0, 0.05) is 71.0 Å². The number of hydrogen-bond acceptors (Lipinski definition) is 6. The zero-order valence-corrected chi connectivity index (χ0v) is 23.4. The Morgan fingerprint density at radius 3 is 2.56 bits per heavy atom. The van der Waals surface area contributed by atoms with Crippen molar-refractivity contribution in [3.05, 3.63) is 23.5 Å². The first-order valence-electron chi connectivity index (χ1n) is 14.6. The van der Waals surface area contributed by atoms with Crippen molar-refractivity contribution in [1.82, 2.24) is 20.1 Å². The van der Waals surface area contributed by atoms with E-state index in [1.807, 2.05) is 11.1 Å². The quantitative estimate of drug-likeness (QED) is 0.488. The van der Waals surface area contributed by atoms with Gasteiger partial charge in [-0.3, -0.25) is 9.59 Å². The number of amides is 2. The van der Waals surface area contributed by atoms with Gasteiger partial charge in [0.2, 0.25) is 5.91 Å². The molecule has 0 aromatic carbocycles. The van der Waals surface area contributed by atoms with Crippen LogP contribution in [0.25, 0.3) is 0 Å². The van der Waals surface area contributed by atoms with Gasteiger partial charge in [-0.15, -0.1) is 0 Å². The fourth-order valence-electron chi connectivity index (χ4n) is 6.08. The van der Waals surface area contributed by atoms with Crippen molar-refractivity contribution >= 4 is 17.5 Å². The number of anilines is 1. The molecule has 2 atom stereocenters. The molecule has 8 nitrogen and oxygen atoms in total. The van der Waals surface area contributed by atoms with Crippen LogP contribution in [0.15, 0.2) is 12.3 Å². The molecule has 0 bridgehead atoms. The van der Waals surface area contributed by atoms with Gasteiger partial charge in [-0.2, -0.15) is 0 Å². The van der Waals surface area contributed by atoms with E-state index in [9.17, 15) is 18.4 Å². The molecule has 0 radical (unpaired) electrons. The Hall–Kier alpha value is -2.33. The van der Waals surface area contributed by atoms with Gasteiger partial charge >= 0.3 is 0 Å². The Balaban J connectivity index is 1.33. The summed E-state index contributed by atoms with van der Waals surface area (Å²) >= 11 is 0. The number of nitrogens with zero attached hydrogens (tertiary/aromatic N) is 3. The van der Waals surface area contributed by atoms with Crippen LogP contribution < -0.4 is 10.6 Å². The number of alkyl halides is 2. The van der Waals surface area contributed by atoms with E-state index in [1.165, 1.54) is 5.56 Å². The van der Waals surface area contributed by atoms with Crippen LogP contribution in [0.5, 0.6) is 0 Å². The Bertz CT molecular complexity index is 1030. The van der Waals surface area contributed by atoms with Crippen LogP contribution in [0, 0.1) is 11.8 Å². The van der Waals surface area contributed by atoms with Gasteiger partial charge in [0.25, 0.3) is 11.8 Å². The Kier molecular flexibility index (Phi) is 8.42. The second-order valence-electron chi connectivity index (χ2n) is 12.4. The van der Waals surface area contributed by atoms with Gasteiger partial charge in [0.1, 0.15) is 0 Å². The largest absolute Gasteiger partial charge is 0.381 e. The number of nitrogens with one attached hydrogen (secondary N) is 2. The summed E-state index contributed by atoms with van der Waals surface area (Å²) in [4.78, 5) is 35.6. The van der Waals surface area contributed by atoms with E-state index in [0.717, 1.165) is 31.4 Å². The molecule has 39 heavy (non-hydrogen) atoms. The van der Waals surface area contributed by atoms with E-state index in [0.29, 0.717) is 37.7 Å². The predicted molar refractivity (Wildman–Crippen MR) is 145 cm³/mol. The zero-order valence-electron chi connectivity index (χ0n) is 23.4. The number of halogens is 2. The van der Waals surface area contributed by atoms with Crippen LogP contribution >= 0.6 is 0 Å². The average Bonchev–Trinajstić information content (AvgIpc) is 3.74. The number of ether oxygens (including phenoxy) is 1. The summed E-state index contributed by atoms with van der Waals surface area (Å²) in [5.41, 5.74) is 2.38. The van der Waals surface area contributed by atoms with Crippen LogP contribution in [0.4, 0.5) is 14.5 Å². The number of carbonyl (C=O) groups is 2. The van der Waals surface area contributed by atoms with E-state index in [4.69, 9.17) is 9.72 Å². The first-order chi connectivity index (χ1) is 18.6. The zero-order chi connectivity index (χ0) is 27.7. The first kappa shape index (κ1) is 28.2. The molecule has 1 aromatic heterocycles. The summed E-state index contributed by atoms with van der Waals surface area (Å²) in [6, 6.07) is 2.16. The fourth-order valence-corrected chi connectivity index (χ4v) is 6.08. The summed E-state index contributed by atoms with van der Waals surface area (Å²) in [5.74, 6) is -2.51. The van der Waals surface area contributed by atoms with Gasteiger partial charge in [-0.05, 0) is 55.6 Å². The smallest absolute Gasteiger partial charge is 0.274 e. The van der Waals surface area contributed by atoms with Gasteiger partial charge < -0.3 is 25.2 Å². The van der Waals surface area contributed by atoms with E-state index >= 15 is 0 Å². The summed E-state index contributed by atoms with van der Waals surface area (Å²) in [6.45, 7) is 5.95. The molecule has 4 aliphatic rings. The Labute approximate surface area is 230 Å². The molecule has 1 aromatic rings. The molecule has 2 amide bonds. The molecule has 2 saturated carbocycles. The third-order valence-corrected chi connectivity index (χ3v) is 8.69. The molecule has 2 aliphatic carbocycles. The minimum atomic E-state index is -2.69. The highest BCUT2D eigenvalue weighted by Crippen LogP contribution is 2.41. The van der Waals surface area contributed by atoms with E-state index in [-0.39, 0.29) is 67.8 Å². The van der Waals surface area contributed by atoms with Crippen LogP contribution in [0.3, 0.4) is 0 Å². The average molecular weight is 548 g/mol. The molecule has 2 unspecified atom stereocenters. The normalized spacial score (nSPS) is 28.6. The van der Waals surface area contributed by atoms with Gasteiger partial charge in [0.05, 0.1) is 17.7 Å². The lowest BCUT2D eigenvalue weighted by molar-refractivity contribution is -0.142. The highest BCUT2D eigenvalue weighted by atomic mass is 19.3. The minimum Gasteiger partial charge on any atom is -0.381 e. The van der Waals surface area contributed by atoms with Crippen molar-refractivity contribution in [3.8, 4) is 0 Å². The summed E-state index contributed by atoms with van der Waals surface area (Å²) in [5, 5.41) is 6.93. The second kappa shape index (κ2) is 11.6. The molecule has 2 aliphatic heterocycles. The van der Waals surface area contributed by atoms with Crippen LogP contribution in [0.2, 0.25) is 0 Å². The van der Waals surface area contributed by atoms with Crippen molar-refractivity contribution in [2.45, 2.75) is 88.8 Å². The molecular formula is C29H43F2N5O3. The third-order valence-electron chi connectivity index (χ3n) is 8.69. The Morgan fingerprint density at radius 1 is 1.21 bits per heavy atom. The minimum absolute atomic E-state index is 0.0824.